The van der Waals surface area contributed by atoms with E-state index >= 15 is 0 Å². The van der Waals surface area contributed by atoms with Crippen molar-refractivity contribution in [1.29, 1.82) is 0 Å². The van der Waals surface area contributed by atoms with Crippen LogP contribution in [0.1, 0.15) is 37.8 Å². The average Bonchev–Trinajstić information content (AvgIpc) is 3.34. The summed E-state index contributed by atoms with van der Waals surface area (Å²) >= 11 is 0. The van der Waals surface area contributed by atoms with Crippen molar-refractivity contribution in [1.82, 2.24) is 29.9 Å². The smallest absolute Gasteiger partial charge is 0.194 e. The van der Waals surface area contributed by atoms with Gasteiger partial charge in [0.2, 0.25) is 0 Å². The lowest BCUT2D eigenvalue weighted by Crippen LogP contribution is -2.43. The van der Waals surface area contributed by atoms with Crippen molar-refractivity contribution in [3.63, 3.8) is 0 Å². The number of aromatic nitrogens is 3. The van der Waals surface area contributed by atoms with Crippen LogP contribution < -0.4 is 5.32 Å². The fourth-order valence-electron chi connectivity index (χ4n) is 3.40. The minimum atomic E-state index is 0.568. The Morgan fingerprint density at radius 2 is 2.12 bits per heavy atom. The van der Waals surface area contributed by atoms with Crippen LogP contribution >= 0.6 is 0 Å². The molecule has 0 bridgehead atoms. The van der Waals surface area contributed by atoms with Gasteiger partial charge >= 0.3 is 0 Å². The largest absolute Gasteiger partial charge is 0.356 e. The van der Waals surface area contributed by atoms with Crippen LogP contribution in [0.2, 0.25) is 0 Å². The lowest BCUT2D eigenvalue weighted by molar-refractivity contribution is 0.259. The van der Waals surface area contributed by atoms with Crippen LogP contribution in [0.3, 0.4) is 0 Å². The third kappa shape index (κ3) is 4.39. The quantitative estimate of drug-likeness (QED) is 0.365. The summed E-state index contributed by atoms with van der Waals surface area (Å²) in [5.74, 6) is 2.85. The van der Waals surface area contributed by atoms with E-state index in [-0.39, 0.29) is 0 Å². The second-order valence-electron chi connectivity index (χ2n) is 6.96. The first-order valence-corrected chi connectivity index (χ1v) is 9.46. The minimum absolute atomic E-state index is 0.568. The molecule has 3 heterocycles. The Balaban J connectivity index is 1.64. The van der Waals surface area contributed by atoms with E-state index in [2.05, 4.69) is 44.4 Å². The SMILES string of the molecule is CCCCNC(=NCc1nnc(C)n1C)N1CCC(N2CC=CC2)C1. The zero-order valence-corrected chi connectivity index (χ0v) is 15.8. The number of aryl methyl sites for hydroxylation is 1. The van der Waals surface area contributed by atoms with Crippen molar-refractivity contribution in [2.45, 2.75) is 45.7 Å². The molecule has 25 heavy (non-hydrogen) atoms. The maximum absolute atomic E-state index is 4.86. The van der Waals surface area contributed by atoms with Gasteiger partial charge in [0.25, 0.3) is 0 Å². The summed E-state index contributed by atoms with van der Waals surface area (Å²) in [5.41, 5.74) is 0. The molecule has 0 aromatic carbocycles. The summed E-state index contributed by atoms with van der Waals surface area (Å²) in [6.45, 7) is 10.0. The molecule has 1 saturated heterocycles. The fourth-order valence-corrected chi connectivity index (χ4v) is 3.40. The maximum atomic E-state index is 4.86. The molecule has 138 valence electrons. The number of hydrogen-bond donors (Lipinski definition) is 1. The number of rotatable bonds is 6. The van der Waals surface area contributed by atoms with Gasteiger partial charge in [-0.05, 0) is 19.8 Å². The highest BCUT2D eigenvalue weighted by Crippen LogP contribution is 2.18. The van der Waals surface area contributed by atoms with Gasteiger partial charge in [-0.3, -0.25) is 4.90 Å². The predicted molar refractivity (Wildman–Crippen MR) is 100 cm³/mol. The van der Waals surface area contributed by atoms with Crippen LogP contribution in [-0.4, -0.2) is 69.3 Å². The van der Waals surface area contributed by atoms with E-state index in [9.17, 15) is 0 Å². The molecule has 3 rings (SSSR count). The Kier molecular flexibility index (Phi) is 6.07. The molecular weight excluding hydrogens is 314 g/mol. The molecule has 7 heteroatoms. The summed E-state index contributed by atoms with van der Waals surface area (Å²) < 4.78 is 2.01. The van der Waals surface area contributed by atoms with Gasteiger partial charge in [-0.25, -0.2) is 4.99 Å². The molecule has 1 aromatic heterocycles. The monoisotopic (exact) mass is 345 g/mol. The van der Waals surface area contributed by atoms with Crippen LogP contribution in [-0.2, 0) is 13.6 Å². The van der Waals surface area contributed by atoms with Gasteiger partial charge in [0, 0.05) is 45.8 Å². The van der Waals surface area contributed by atoms with Crippen LogP contribution in [0.25, 0.3) is 0 Å². The lowest BCUT2D eigenvalue weighted by atomic mass is 10.2. The van der Waals surface area contributed by atoms with E-state index in [1.165, 1.54) is 12.8 Å². The predicted octanol–water partition coefficient (Wildman–Crippen LogP) is 1.32. The highest BCUT2D eigenvalue weighted by atomic mass is 15.4. The van der Waals surface area contributed by atoms with E-state index in [1.54, 1.807) is 0 Å². The molecule has 0 radical (unpaired) electrons. The first-order chi connectivity index (χ1) is 12.2. The molecule has 1 atom stereocenters. The first-order valence-electron chi connectivity index (χ1n) is 9.46. The second kappa shape index (κ2) is 8.47. The molecule has 0 spiro atoms. The minimum Gasteiger partial charge on any atom is -0.356 e. The number of likely N-dealkylation sites (tertiary alicyclic amines) is 1. The molecule has 7 nitrogen and oxygen atoms in total. The topological polar surface area (TPSA) is 61.6 Å². The fraction of sp³-hybridized carbons (Fsp3) is 0.722. The third-order valence-corrected chi connectivity index (χ3v) is 5.19. The van der Waals surface area contributed by atoms with Gasteiger partial charge in [-0.15, -0.1) is 10.2 Å². The van der Waals surface area contributed by atoms with Crippen molar-refractivity contribution in [3.05, 3.63) is 23.8 Å². The first kappa shape index (κ1) is 17.9. The van der Waals surface area contributed by atoms with Crippen molar-refractivity contribution >= 4 is 5.96 Å². The highest BCUT2D eigenvalue weighted by molar-refractivity contribution is 5.80. The molecular formula is C18H31N7. The van der Waals surface area contributed by atoms with E-state index in [0.717, 1.165) is 56.8 Å². The van der Waals surface area contributed by atoms with Gasteiger partial charge in [0.05, 0.1) is 0 Å². The Bertz CT molecular complexity index is 611. The summed E-state index contributed by atoms with van der Waals surface area (Å²) in [7, 11) is 2.00. The number of unbranched alkanes of at least 4 members (excludes halogenated alkanes) is 1. The Labute approximate surface area is 150 Å². The second-order valence-corrected chi connectivity index (χ2v) is 6.96. The van der Waals surface area contributed by atoms with Crippen molar-refractivity contribution < 1.29 is 0 Å². The molecule has 2 aliphatic rings. The van der Waals surface area contributed by atoms with E-state index in [0.29, 0.717) is 12.6 Å². The van der Waals surface area contributed by atoms with E-state index < -0.39 is 0 Å². The van der Waals surface area contributed by atoms with Gasteiger partial charge in [-0.1, -0.05) is 25.5 Å². The summed E-state index contributed by atoms with van der Waals surface area (Å²) in [6.07, 6.45) is 8.10. The molecule has 2 aliphatic heterocycles. The Morgan fingerprint density at radius 3 is 2.80 bits per heavy atom. The summed E-state index contributed by atoms with van der Waals surface area (Å²) in [6, 6.07) is 0.630. The number of guanidine groups is 1. The molecule has 1 aromatic rings. The maximum Gasteiger partial charge on any atom is 0.194 e. The van der Waals surface area contributed by atoms with Gasteiger partial charge in [-0.2, -0.15) is 0 Å². The van der Waals surface area contributed by atoms with E-state index in [4.69, 9.17) is 4.99 Å². The number of nitrogens with one attached hydrogen (secondary N) is 1. The van der Waals surface area contributed by atoms with Crippen molar-refractivity contribution in [2.24, 2.45) is 12.0 Å². The van der Waals surface area contributed by atoms with Crippen LogP contribution in [0, 0.1) is 6.92 Å². The highest BCUT2D eigenvalue weighted by Gasteiger charge is 2.29. The van der Waals surface area contributed by atoms with Crippen LogP contribution in [0.4, 0.5) is 0 Å². The van der Waals surface area contributed by atoms with E-state index in [1.807, 2.05) is 18.5 Å². The number of hydrogen-bond acceptors (Lipinski definition) is 4. The summed E-state index contributed by atoms with van der Waals surface area (Å²) in [5, 5.41) is 11.9. The zero-order chi connectivity index (χ0) is 17.6. The van der Waals surface area contributed by atoms with Crippen molar-refractivity contribution in [3.8, 4) is 0 Å². The average molecular weight is 345 g/mol. The normalized spacial score (nSPS) is 21.5. The van der Waals surface area contributed by atoms with Crippen LogP contribution in [0.5, 0.6) is 0 Å². The lowest BCUT2D eigenvalue weighted by Gasteiger charge is -2.25. The Morgan fingerprint density at radius 1 is 1.32 bits per heavy atom. The molecule has 1 N–H and O–H groups in total. The zero-order valence-electron chi connectivity index (χ0n) is 15.8. The Hall–Kier alpha value is -1.89. The number of aliphatic imine (C=N–C) groups is 1. The van der Waals surface area contributed by atoms with Gasteiger partial charge in [0.15, 0.2) is 11.8 Å². The van der Waals surface area contributed by atoms with Gasteiger partial charge in [0.1, 0.15) is 12.4 Å². The standard InChI is InChI=1S/C18H31N7/c1-4-5-9-19-18(20-13-17-22-21-15(2)23(17)3)25-12-8-16(14-25)24-10-6-7-11-24/h6-7,16H,4-5,8-14H2,1-3H3,(H,19,20). The molecule has 0 saturated carbocycles. The third-order valence-electron chi connectivity index (χ3n) is 5.19. The molecule has 1 fully saturated rings. The summed E-state index contributed by atoms with van der Waals surface area (Å²) in [4.78, 5) is 9.81. The van der Waals surface area contributed by atoms with Gasteiger partial charge < -0.3 is 14.8 Å². The molecule has 1 unspecified atom stereocenters. The number of nitrogens with zero attached hydrogens (tertiary/aromatic N) is 6. The van der Waals surface area contributed by atoms with Crippen LogP contribution in [0.15, 0.2) is 17.1 Å². The molecule has 0 amide bonds. The molecule has 0 aliphatic carbocycles. The van der Waals surface area contributed by atoms with Crippen molar-refractivity contribution in [2.75, 3.05) is 32.7 Å².